The number of aromatic nitrogens is 4. The molecule has 1 N–H and O–H groups in total. The summed E-state index contributed by atoms with van der Waals surface area (Å²) in [6.45, 7) is 6.41. The largest absolute Gasteiger partial charge is 0.349 e. The monoisotopic (exact) mass is 309 g/mol. The van der Waals surface area contributed by atoms with E-state index < -0.39 is 0 Å². The van der Waals surface area contributed by atoms with E-state index in [9.17, 15) is 4.79 Å². The van der Waals surface area contributed by atoms with Crippen molar-refractivity contribution < 1.29 is 4.79 Å². The fourth-order valence-electron chi connectivity index (χ4n) is 2.49. The van der Waals surface area contributed by atoms with Crippen LogP contribution in [0, 0.1) is 13.8 Å². The average Bonchev–Trinajstić information content (AvgIpc) is 2.97. The van der Waals surface area contributed by atoms with E-state index in [1.165, 1.54) is 5.56 Å². The first kappa shape index (κ1) is 15.1. The van der Waals surface area contributed by atoms with Crippen LogP contribution in [-0.2, 0) is 0 Å². The summed E-state index contributed by atoms with van der Waals surface area (Å²) in [5.74, 6) is 0.532. The Morgan fingerprint density at radius 2 is 1.96 bits per heavy atom. The molecule has 118 valence electrons. The van der Waals surface area contributed by atoms with Crippen molar-refractivity contribution in [2.45, 2.75) is 26.7 Å². The summed E-state index contributed by atoms with van der Waals surface area (Å²) in [5.41, 5.74) is 2.94. The molecule has 1 aromatic carbocycles. The van der Waals surface area contributed by atoms with Gasteiger partial charge < -0.3 is 5.32 Å². The maximum absolute atomic E-state index is 12.3. The third kappa shape index (κ3) is 3.21. The van der Waals surface area contributed by atoms with Crippen LogP contribution in [0.1, 0.15) is 40.4 Å². The summed E-state index contributed by atoms with van der Waals surface area (Å²) in [4.78, 5) is 20.8. The van der Waals surface area contributed by atoms with Crippen LogP contribution < -0.4 is 5.32 Å². The first-order valence-corrected chi connectivity index (χ1v) is 7.59. The van der Waals surface area contributed by atoms with E-state index in [1.54, 1.807) is 4.52 Å². The van der Waals surface area contributed by atoms with E-state index in [1.807, 2.05) is 38.1 Å². The number of amides is 1. The van der Waals surface area contributed by atoms with Gasteiger partial charge in [-0.05, 0) is 31.4 Å². The Kier molecular flexibility index (Phi) is 4.06. The number of fused-ring (bicyclic) bond motifs is 1. The summed E-state index contributed by atoms with van der Waals surface area (Å²) in [6.07, 6.45) is 0. The third-order valence-electron chi connectivity index (χ3n) is 3.76. The van der Waals surface area contributed by atoms with Gasteiger partial charge in [0.25, 0.3) is 11.7 Å². The van der Waals surface area contributed by atoms with Gasteiger partial charge >= 0.3 is 0 Å². The van der Waals surface area contributed by atoms with Gasteiger partial charge in [0.2, 0.25) is 5.82 Å². The molecule has 1 atom stereocenters. The van der Waals surface area contributed by atoms with Crippen LogP contribution in [0.5, 0.6) is 0 Å². The maximum atomic E-state index is 12.3. The van der Waals surface area contributed by atoms with Crippen molar-refractivity contribution in [2.75, 3.05) is 6.54 Å². The summed E-state index contributed by atoms with van der Waals surface area (Å²) in [7, 11) is 0. The van der Waals surface area contributed by atoms with Crippen molar-refractivity contribution in [3.05, 3.63) is 59.2 Å². The normalized spacial score (nSPS) is 12.3. The molecule has 3 aromatic rings. The topological polar surface area (TPSA) is 72.2 Å². The molecule has 0 saturated heterocycles. The van der Waals surface area contributed by atoms with E-state index in [0.29, 0.717) is 12.3 Å². The molecular weight excluding hydrogens is 290 g/mol. The van der Waals surface area contributed by atoms with Crippen molar-refractivity contribution >= 4 is 11.7 Å². The molecule has 2 aromatic heterocycles. The lowest BCUT2D eigenvalue weighted by Crippen LogP contribution is -2.28. The number of nitrogens with zero attached hydrogens (tertiary/aromatic N) is 4. The van der Waals surface area contributed by atoms with E-state index in [0.717, 1.165) is 11.4 Å². The first-order valence-electron chi connectivity index (χ1n) is 7.59. The molecular formula is C17H19N5O. The predicted molar refractivity (Wildman–Crippen MR) is 87.4 cm³/mol. The van der Waals surface area contributed by atoms with Gasteiger partial charge in [0.1, 0.15) is 0 Å². The van der Waals surface area contributed by atoms with Crippen molar-refractivity contribution in [1.29, 1.82) is 0 Å². The zero-order chi connectivity index (χ0) is 16.4. The van der Waals surface area contributed by atoms with Gasteiger partial charge in [0, 0.05) is 17.9 Å². The van der Waals surface area contributed by atoms with Crippen LogP contribution in [0.2, 0.25) is 0 Å². The van der Waals surface area contributed by atoms with E-state index in [2.05, 4.69) is 39.4 Å². The second-order valence-corrected chi connectivity index (χ2v) is 5.71. The van der Waals surface area contributed by atoms with Gasteiger partial charge in [-0.25, -0.2) is 9.50 Å². The lowest BCUT2D eigenvalue weighted by Gasteiger charge is -2.11. The molecule has 23 heavy (non-hydrogen) atoms. The Morgan fingerprint density at radius 1 is 1.22 bits per heavy atom. The molecule has 1 amide bonds. The molecule has 6 heteroatoms. The van der Waals surface area contributed by atoms with Gasteiger partial charge in [-0.1, -0.05) is 37.3 Å². The third-order valence-corrected chi connectivity index (χ3v) is 3.76. The van der Waals surface area contributed by atoms with Crippen LogP contribution in [0.15, 0.2) is 36.4 Å². The summed E-state index contributed by atoms with van der Waals surface area (Å²) < 4.78 is 1.59. The average molecular weight is 309 g/mol. The maximum Gasteiger partial charge on any atom is 0.291 e. The Bertz CT molecular complexity index is 841. The van der Waals surface area contributed by atoms with Gasteiger partial charge in [-0.2, -0.15) is 4.98 Å². The van der Waals surface area contributed by atoms with Gasteiger partial charge in [0.05, 0.1) is 0 Å². The number of carbonyl (C=O) groups is 1. The highest BCUT2D eigenvalue weighted by molar-refractivity contribution is 5.90. The summed E-state index contributed by atoms with van der Waals surface area (Å²) in [6, 6.07) is 12.0. The molecule has 0 radical (unpaired) electrons. The number of aryl methyl sites for hydroxylation is 2. The number of carbonyl (C=O) groups excluding carboxylic acids is 1. The lowest BCUT2D eigenvalue weighted by atomic mass is 10.0. The molecule has 2 heterocycles. The highest BCUT2D eigenvalue weighted by Crippen LogP contribution is 2.13. The van der Waals surface area contributed by atoms with Gasteiger partial charge in [-0.15, -0.1) is 5.10 Å². The molecule has 0 saturated carbocycles. The van der Waals surface area contributed by atoms with E-state index in [-0.39, 0.29) is 17.6 Å². The summed E-state index contributed by atoms with van der Waals surface area (Å²) in [5, 5.41) is 7.12. The second kappa shape index (κ2) is 6.16. The Hall–Kier alpha value is -2.76. The lowest BCUT2D eigenvalue weighted by molar-refractivity contribution is 0.0941. The molecule has 1 unspecified atom stereocenters. The van der Waals surface area contributed by atoms with Crippen LogP contribution in [0.25, 0.3) is 5.78 Å². The fraction of sp³-hybridized carbons (Fsp3) is 0.294. The SMILES string of the molecule is Cc1cc(C)n2nc(C(=O)NCC(C)c3ccccc3)nc2n1. The zero-order valence-electron chi connectivity index (χ0n) is 13.4. The minimum absolute atomic E-state index is 0.145. The molecule has 6 nitrogen and oxygen atoms in total. The van der Waals surface area contributed by atoms with Gasteiger partial charge in [0.15, 0.2) is 0 Å². The number of hydrogen-bond donors (Lipinski definition) is 1. The van der Waals surface area contributed by atoms with Crippen LogP contribution in [-0.4, -0.2) is 32.0 Å². The van der Waals surface area contributed by atoms with E-state index >= 15 is 0 Å². The molecule has 0 aliphatic heterocycles. The van der Waals surface area contributed by atoms with Crippen LogP contribution in [0.3, 0.4) is 0 Å². The number of hydrogen-bond acceptors (Lipinski definition) is 4. The second-order valence-electron chi connectivity index (χ2n) is 5.71. The minimum Gasteiger partial charge on any atom is -0.349 e. The fourth-order valence-corrected chi connectivity index (χ4v) is 2.49. The Labute approximate surface area is 134 Å². The number of rotatable bonds is 4. The Balaban J connectivity index is 1.72. The van der Waals surface area contributed by atoms with Gasteiger partial charge in [-0.3, -0.25) is 4.79 Å². The number of nitrogens with one attached hydrogen (secondary N) is 1. The van der Waals surface area contributed by atoms with Crippen molar-refractivity contribution in [3.63, 3.8) is 0 Å². The van der Waals surface area contributed by atoms with Crippen LogP contribution >= 0.6 is 0 Å². The zero-order valence-corrected chi connectivity index (χ0v) is 13.4. The minimum atomic E-state index is -0.282. The predicted octanol–water partition coefficient (Wildman–Crippen LogP) is 2.27. The molecule has 0 bridgehead atoms. The highest BCUT2D eigenvalue weighted by atomic mass is 16.2. The van der Waals surface area contributed by atoms with Crippen molar-refractivity contribution in [1.82, 2.24) is 24.9 Å². The van der Waals surface area contributed by atoms with Crippen molar-refractivity contribution in [2.24, 2.45) is 0 Å². The highest BCUT2D eigenvalue weighted by Gasteiger charge is 2.16. The molecule has 3 rings (SSSR count). The number of benzene rings is 1. The summed E-state index contributed by atoms with van der Waals surface area (Å²) >= 11 is 0. The first-order chi connectivity index (χ1) is 11.0. The molecule has 0 aliphatic carbocycles. The van der Waals surface area contributed by atoms with Crippen molar-refractivity contribution in [3.8, 4) is 0 Å². The Morgan fingerprint density at radius 3 is 2.70 bits per heavy atom. The molecule has 0 spiro atoms. The quantitative estimate of drug-likeness (QED) is 0.802. The van der Waals surface area contributed by atoms with E-state index in [4.69, 9.17) is 0 Å². The van der Waals surface area contributed by atoms with Crippen LogP contribution in [0.4, 0.5) is 0 Å². The molecule has 0 fully saturated rings. The standard InChI is InChI=1S/C17H19N5O/c1-11(14-7-5-4-6-8-14)10-18-16(23)15-20-17-19-12(2)9-13(3)22(17)21-15/h4-9,11H,10H2,1-3H3,(H,18,23). The molecule has 0 aliphatic rings. The smallest absolute Gasteiger partial charge is 0.291 e.